The van der Waals surface area contributed by atoms with Gasteiger partial charge in [0.2, 0.25) is 0 Å². The van der Waals surface area contributed by atoms with Crippen LogP contribution >= 0.6 is 0 Å². The van der Waals surface area contributed by atoms with Crippen molar-refractivity contribution in [3.8, 4) is 0 Å². The molecule has 1 aliphatic heterocycles. The molecule has 4 heteroatoms. The van der Waals surface area contributed by atoms with Crippen molar-refractivity contribution in [2.45, 2.75) is 26.3 Å². The van der Waals surface area contributed by atoms with Gasteiger partial charge in [-0.05, 0) is 39.0 Å². The summed E-state index contributed by atoms with van der Waals surface area (Å²) in [4.78, 5) is 18.3. The van der Waals surface area contributed by atoms with Gasteiger partial charge in [0, 0.05) is 17.3 Å². The standard InChI is InChI=1S/C16H19N3O/c1-12-17-14(10-11-19(12)16(2,3)4)18-15(20)13-8-6-5-7-9-13/h5-11H,1H2,2-4H3,(H,17,18,20). The number of hydrogen-bond acceptors (Lipinski definition) is 3. The largest absolute Gasteiger partial charge is 0.328 e. The molecule has 0 saturated heterocycles. The molecule has 1 heterocycles. The lowest BCUT2D eigenvalue weighted by Gasteiger charge is -2.36. The number of benzene rings is 1. The van der Waals surface area contributed by atoms with Crippen molar-refractivity contribution in [3.05, 3.63) is 60.6 Å². The van der Waals surface area contributed by atoms with Crippen LogP contribution in [0, 0.1) is 0 Å². The summed E-state index contributed by atoms with van der Waals surface area (Å²) in [6.45, 7) is 10.2. The highest BCUT2D eigenvalue weighted by molar-refractivity contribution is 6.10. The van der Waals surface area contributed by atoms with Crippen LogP contribution in [0.25, 0.3) is 0 Å². The number of nitrogens with one attached hydrogen (secondary N) is 1. The molecule has 104 valence electrons. The van der Waals surface area contributed by atoms with E-state index in [1.54, 1.807) is 18.2 Å². The SMILES string of the molecule is C=C1N=C(NC(=O)c2ccccc2)C=CN1C(C)(C)C. The Labute approximate surface area is 119 Å². The predicted molar refractivity (Wildman–Crippen MR) is 81.2 cm³/mol. The average Bonchev–Trinajstić information content (AvgIpc) is 2.38. The van der Waals surface area contributed by atoms with Gasteiger partial charge in [-0.25, -0.2) is 4.99 Å². The van der Waals surface area contributed by atoms with Gasteiger partial charge in [0.05, 0.1) is 0 Å². The summed E-state index contributed by atoms with van der Waals surface area (Å²) in [5.41, 5.74) is 0.513. The molecule has 0 aliphatic carbocycles. The Morgan fingerprint density at radius 3 is 2.45 bits per heavy atom. The van der Waals surface area contributed by atoms with Crippen LogP contribution in [0.4, 0.5) is 0 Å². The normalized spacial score (nSPS) is 15.1. The van der Waals surface area contributed by atoms with E-state index in [2.05, 4.69) is 37.7 Å². The molecule has 0 bridgehead atoms. The summed E-state index contributed by atoms with van der Waals surface area (Å²) in [6.07, 6.45) is 3.66. The first-order valence-electron chi connectivity index (χ1n) is 6.49. The Morgan fingerprint density at radius 2 is 1.90 bits per heavy atom. The van der Waals surface area contributed by atoms with Gasteiger partial charge in [-0.2, -0.15) is 0 Å². The third kappa shape index (κ3) is 3.15. The number of amides is 1. The topological polar surface area (TPSA) is 44.7 Å². The molecular weight excluding hydrogens is 250 g/mol. The quantitative estimate of drug-likeness (QED) is 0.852. The fourth-order valence-corrected chi connectivity index (χ4v) is 1.92. The summed E-state index contributed by atoms with van der Waals surface area (Å²) in [5.74, 6) is 0.943. The fourth-order valence-electron chi connectivity index (χ4n) is 1.92. The summed E-state index contributed by atoms with van der Waals surface area (Å²) in [6, 6.07) is 9.05. The van der Waals surface area contributed by atoms with Crippen molar-refractivity contribution in [2.24, 2.45) is 4.99 Å². The van der Waals surface area contributed by atoms with Crippen LogP contribution in [0.2, 0.25) is 0 Å². The maximum absolute atomic E-state index is 12.0. The number of carbonyl (C=O) groups is 1. The lowest BCUT2D eigenvalue weighted by atomic mass is 10.1. The Bertz CT molecular complexity index is 579. The summed E-state index contributed by atoms with van der Waals surface area (Å²) >= 11 is 0. The predicted octanol–water partition coefficient (Wildman–Crippen LogP) is 2.91. The Kier molecular flexibility index (Phi) is 3.74. The average molecular weight is 269 g/mol. The summed E-state index contributed by atoms with van der Waals surface area (Å²) < 4.78 is 0. The van der Waals surface area contributed by atoms with Gasteiger partial charge in [-0.3, -0.25) is 4.79 Å². The smallest absolute Gasteiger partial charge is 0.256 e. The van der Waals surface area contributed by atoms with Gasteiger partial charge in [-0.1, -0.05) is 24.8 Å². The van der Waals surface area contributed by atoms with Crippen molar-refractivity contribution in [1.29, 1.82) is 0 Å². The van der Waals surface area contributed by atoms with Crippen LogP contribution in [-0.2, 0) is 0 Å². The van der Waals surface area contributed by atoms with Crippen LogP contribution in [0.3, 0.4) is 0 Å². The molecule has 1 aromatic carbocycles. The molecule has 2 rings (SSSR count). The van der Waals surface area contributed by atoms with Gasteiger partial charge in [-0.15, -0.1) is 0 Å². The summed E-state index contributed by atoms with van der Waals surface area (Å²) in [5, 5.41) is 2.77. The molecule has 20 heavy (non-hydrogen) atoms. The van der Waals surface area contributed by atoms with Gasteiger partial charge >= 0.3 is 0 Å². The molecule has 1 aromatic rings. The van der Waals surface area contributed by atoms with E-state index < -0.39 is 0 Å². The van der Waals surface area contributed by atoms with E-state index in [0.717, 1.165) is 0 Å². The highest BCUT2D eigenvalue weighted by atomic mass is 16.1. The monoisotopic (exact) mass is 269 g/mol. The van der Waals surface area contributed by atoms with Crippen LogP contribution in [0.5, 0.6) is 0 Å². The van der Waals surface area contributed by atoms with Crippen LogP contribution in [0.15, 0.2) is 60.0 Å². The van der Waals surface area contributed by atoms with Crippen molar-refractivity contribution in [2.75, 3.05) is 0 Å². The second-order valence-corrected chi connectivity index (χ2v) is 5.59. The maximum atomic E-state index is 12.0. The Morgan fingerprint density at radius 1 is 1.25 bits per heavy atom. The Balaban J connectivity index is 2.08. The van der Waals surface area contributed by atoms with Crippen molar-refractivity contribution < 1.29 is 4.79 Å². The van der Waals surface area contributed by atoms with Gasteiger partial charge in [0.15, 0.2) is 0 Å². The van der Waals surface area contributed by atoms with Crippen molar-refractivity contribution in [1.82, 2.24) is 10.2 Å². The van der Waals surface area contributed by atoms with Crippen LogP contribution in [0.1, 0.15) is 31.1 Å². The minimum atomic E-state index is -0.175. The molecule has 0 unspecified atom stereocenters. The first-order valence-corrected chi connectivity index (χ1v) is 6.49. The highest BCUT2D eigenvalue weighted by Gasteiger charge is 2.23. The van der Waals surface area contributed by atoms with E-state index in [1.165, 1.54) is 0 Å². The first kappa shape index (κ1) is 14.1. The molecule has 0 atom stereocenters. The van der Waals surface area contributed by atoms with Crippen molar-refractivity contribution in [3.63, 3.8) is 0 Å². The lowest BCUT2D eigenvalue weighted by molar-refractivity contribution is 0.0977. The molecule has 0 radical (unpaired) electrons. The van der Waals surface area contributed by atoms with Crippen LogP contribution in [-0.4, -0.2) is 22.2 Å². The molecule has 4 nitrogen and oxygen atoms in total. The zero-order valence-corrected chi connectivity index (χ0v) is 12.1. The number of aliphatic imine (C=N–C) groups is 1. The third-order valence-corrected chi connectivity index (χ3v) is 2.91. The molecule has 0 aromatic heterocycles. The molecule has 0 saturated carbocycles. The van der Waals surface area contributed by atoms with E-state index in [9.17, 15) is 4.79 Å². The molecule has 0 spiro atoms. The van der Waals surface area contributed by atoms with E-state index in [1.807, 2.05) is 29.3 Å². The van der Waals surface area contributed by atoms with E-state index in [0.29, 0.717) is 17.2 Å². The molecule has 0 fully saturated rings. The second kappa shape index (κ2) is 5.33. The first-order chi connectivity index (χ1) is 9.38. The fraction of sp³-hybridized carbons (Fsp3) is 0.250. The van der Waals surface area contributed by atoms with Crippen LogP contribution < -0.4 is 5.32 Å². The van der Waals surface area contributed by atoms with Crippen molar-refractivity contribution >= 4 is 11.7 Å². The minimum absolute atomic E-state index is 0.0912. The molecule has 1 aliphatic rings. The highest BCUT2D eigenvalue weighted by Crippen LogP contribution is 2.22. The minimum Gasteiger partial charge on any atom is -0.328 e. The lowest BCUT2D eigenvalue weighted by Crippen LogP contribution is -2.39. The Hall–Kier alpha value is -2.36. The van der Waals surface area contributed by atoms with Gasteiger partial charge in [0.25, 0.3) is 5.91 Å². The number of amidine groups is 1. The van der Waals surface area contributed by atoms with Gasteiger partial charge < -0.3 is 10.2 Å². The molecule has 1 N–H and O–H groups in total. The zero-order valence-electron chi connectivity index (χ0n) is 12.1. The van der Waals surface area contributed by atoms with E-state index in [-0.39, 0.29) is 11.4 Å². The van der Waals surface area contributed by atoms with E-state index >= 15 is 0 Å². The number of rotatable bonds is 1. The molecular formula is C16H19N3O. The maximum Gasteiger partial charge on any atom is 0.256 e. The second-order valence-electron chi connectivity index (χ2n) is 5.59. The number of carbonyl (C=O) groups excluding carboxylic acids is 1. The van der Waals surface area contributed by atoms with E-state index in [4.69, 9.17) is 0 Å². The number of nitrogens with zero attached hydrogens (tertiary/aromatic N) is 2. The third-order valence-electron chi connectivity index (χ3n) is 2.91. The summed E-state index contributed by atoms with van der Waals surface area (Å²) in [7, 11) is 0. The zero-order chi connectivity index (χ0) is 14.8. The number of hydrogen-bond donors (Lipinski definition) is 1. The van der Waals surface area contributed by atoms with Gasteiger partial charge in [0.1, 0.15) is 11.7 Å². The molecule has 1 amide bonds.